The Morgan fingerprint density at radius 3 is 2.41 bits per heavy atom. The fraction of sp³-hybridized carbons (Fsp3) is 0.517. The molecule has 34 heavy (non-hydrogen) atoms. The largest absolute Gasteiger partial charge is 0.489 e. The first-order valence-electron chi connectivity index (χ1n) is 13.0. The van der Waals surface area contributed by atoms with E-state index in [1.165, 1.54) is 25.7 Å². The van der Waals surface area contributed by atoms with Crippen LogP contribution < -0.4 is 10.1 Å². The number of carbonyl (C=O) groups is 2. The number of carbonyl (C=O) groups excluding carboxylic acids is 2. The molecule has 1 aliphatic heterocycles. The molecule has 1 aliphatic rings. The highest BCUT2D eigenvalue weighted by Crippen LogP contribution is 2.20. The number of likely N-dealkylation sites (tertiary alicyclic amines) is 1. The number of piperidine rings is 1. The Kier molecular flexibility index (Phi) is 11.0. The topological polar surface area (TPSA) is 58.6 Å². The summed E-state index contributed by atoms with van der Waals surface area (Å²) in [5, 5.41) is 3.08. The Bertz CT molecular complexity index is 867. The van der Waals surface area contributed by atoms with Gasteiger partial charge >= 0.3 is 0 Å². The molecule has 2 amide bonds. The first kappa shape index (κ1) is 25.8. The Labute approximate surface area is 204 Å². The van der Waals surface area contributed by atoms with Crippen LogP contribution in [0.15, 0.2) is 54.6 Å². The van der Waals surface area contributed by atoms with Crippen LogP contribution in [0.1, 0.15) is 75.8 Å². The minimum atomic E-state index is -0.338. The summed E-state index contributed by atoms with van der Waals surface area (Å²) in [5.74, 6) is 0.814. The minimum Gasteiger partial charge on any atom is -0.489 e. The summed E-state index contributed by atoms with van der Waals surface area (Å²) < 4.78 is 5.84. The van der Waals surface area contributed by atoms with Gasteiger partial charge in [0.2, 0.25) is 11.8 Å². The Balaban J connectivity index is 1.45. The fourth-order valence-electron chi connectivity index (χ4n) is 4.46. The zero-order chi connectivity index (χ0) is 24.0. The standard InChI is InChI=1S/C29H40N2O3/c1-2-3-4-5-6-11-20-30-29(33)27-15-10-12-21-31(27)28(32)22-24-16-18-26(19-17-24)34-23-25-13-8-7-9-14-25/h7-9,13-14,16-19,27H,2-6,10-12,15,20-23H2,1H3,(H,30,33). The lowest BCUT2D eigenvalue weighted by Crippen LogP contribution is -2.52. The van der Waals surface area contributed by atoms with Crippen molar-refractivity contribution in [2.45, 2.75) is 83.8 Å². The summed E-state index contributed by atoms with van der Waals surface area (Å²) in [5.41, 5.74) is 2.06. The van der Waals surface area contributed by atoms with Crippen molar-refractivity contribution in [1.82, 2.24) is 10.2 Å². The molecule has 2 aromatic rings. The molecule has 1 unspecified atom stereocenters. The number of ether oxygens (including phenoxy) is 1. The van der Waals surface area contributed by atoms with Gasteiger partial charge in [-0.25, -0.2) is 0 Å². The van der Waals surface area contributed by atoms with Gasteiger partial charge < -0.3 is 15.0 Å². The zero-order valence-electron chi connectivity index (χ0n) is 20.6. The molecular formula is C29H40N2O3. The van der Waals surface area contributed by atoms with Crippen LogP contribution in [0.5, 0.6) is 5.75 Å². The van der Waals surface area contributed by atoms with Gasteiger partial charge in [0.1, 0.15) is 18.4 Å². The normalized spacial score (nSPS) is 15.7. The zero-order valence-corrected chi connectivity index (χ0v) is 20.6. The van der Waals surface area contributed by atoms with Gasteiger partial charge in [-0.15, -0.1) is 0 Å². The fourth-order valence-corrected chi connectivity index (χ4v) is 4.46. The van der Waals surface area contributed by atoms with E-state index in [2.05, 4.69) is 12.2 Å². The summed E-state index contributed by atoms with van der Waals surface area (Å²) in [7, 11) is 0. The molecule has 0 aromatic heterocycles. The lowest BCUT2D eigenvalue weighted by atomic mass is 10.00. The van der Waals surface area contributed by atoms with E-state index in [0.29, 0.717) is 26.1 Å². The Morgan fingerprint density at radius 1 is 0.912 bits per heavy atom. The van der Waals surface area contributed by atoms with Crippen LogP contribution in [0, 0.1) is 0 Å². The molecule has 0 radical (unpaired) electrons. The predicted molar refractivity (Wildman–Crippen MR) is 137 cm³/mol. The maximum absolute atomic E-state index is 13.1. The first-order valence-corrected chi connectivity index (χ1v) is 13.0. The third-order valence-electron chi connectivity index (χ3n) is 6.48. The third-order valence-corrected chi connectivity index (χ3v) is 6.48. The van der Waals surface area contributed by atoms with E-state index in [0.717, 1.165) is 49.0 Å². The number of rotatable bonds is 13. The van der Waals surface area contributed by atoms with Crippen molar-refractivity contribution in [2.75, 3.05) is 13.1 Å². The van der Waals surface area contributed by atoms with Crippen molar-refractivity contribution in [1.29, 1.82) is 0 Å². The number of nitrogens with one attached hydrogen (secondary N) is 1. The summed E-state index contributed by atoms with van der Waals surface area (Å²) >= 11 is 0. The molecule has 1 atom stereocenters. The predicted octanol–water partition coefficient (Wildman–Crippen LogP) is 5.67. The average molecular weight is 465 g/mol. The molecule has 1 heterocycles. The van der Waals surface area contributed by atoms with Gasteiger partial charge in [-0.2, -0.15) is 0 Å². The quantitative estimate of drug-likeness (QED) is 0.389. The maximum Gasteiger partial charge on any atom is 0.242 e. The molecule has 0 bridgehead atoms. The van der Waals surface area contributed by atoms with Crippen LogP contribution in [-0.4, -0.2) is 35.8 Å². The lowest BCUT2D eigenvalue weighted by molar-refractivity contribution is -0.141. The minimum absolute atomic E-state index is 0.00580. The second-order valence-corrected chi connectivity index (χ2v) is 9.25. The maximum atomic E-state index is 13.1. The van der Waals surface area contributed by atoms with Crippen molar-refractivity contribution in [3.8, 4) is 5.75 Å². The van der Waals surface area contributed by atoms with Crippen LogP contribution in [-0.2, 0) is 22.6 Å². The smallest absolute Gasteiger partial charge is 0.242 e. The van der Waals surface area contributed by atoms with Crippen molar-refractivity contribution in [3.05, 3.63) is 65.7 Å². The Morgan fingerprint density at radius 2 is 1.65 bits per heavy atom. The number of nitrogens with zero attached hydrogens (tertiary/aromatic N) is 1. The SMILES string of the molecule is CCCCCCCCNC(=O)C1CCCCN1C(=O)Cc1ccc(OCc2ccccc2)cc1. The molecule has 184 valence electrons. The number of amides is 2. The highest BCUT2D eigenvalue weighted by molar-refractivity contribution is 5.88. The monoisotopic (exact) mass is 464 g/mol. The molecule has 3 rings (SSSR count). The van der Waals surface area contributed by atoms with Crippen LogP contribution in [0.2, 0.25) is 0 Å². The van der Waals surface area contributed by atoms with Crippen LogP contribution in [0.25, 0.3) is 0 Å². The molecule has 0 saturated carbocycles. The number of unbranched alkanes of at least 4 members (excludes halogenated alkanes) is 5. The van der Waals surface area contributed by atoms with Crippen molar-refractivity contribution in [2.24, 2.45) is 0 Å². The summed E-state index contributed by atoms with van der Waals surface area (Å²) in [6, 6.07) is 17.4. The van der Waals surface area contributed by atoms with Gasteiger partial charge in [0, 0.05) is 13.1 Å². The van der Waals surface area contributed by atoms with Gasteiger partial charge in [0.05, 0.1) is 6.42 Å². The molecule has 1 saturated heterocycles. The van der Waals surface area contributed by atoms with Gasteiger partial charge in [0.25, 0.3) is 0 Å². The van der Waals surface area contributed by atoms with E-state index >= 15 is 0 Å². The van der Waals surface area contributed by atoms with Crippen molar-refractivity contribution >= 4 is 11.8 Å². The second-order valence-electron chi connectivity index (χ2n) is 9.25. The summed E-state index contributed by atoms with van der Waals surface area (Å²) in [6.07, 6.45) is 10.2. The lowest BCUT2D eigenvalue weighted by Gasteiger charge is -2.35. The van der Waals surface area contributed by atoms with Crippen molar-refractivity contribution in [3.63, 3.8) is 0 Å². The molecule has 1 N–H and O–H groups in total. The molecule has 1 fully saturated rings. The van der Waals surface area contributed by atoms with E-state index < -0.39 is 0 Å². The van der Waals surface area contributed by atoms with Gasteiger partial charge in [-0.1, -0.05) is 81.5 Å². The van der Waals surface area contributed by atoms with E-state index in [4.69, 9.17) is 4.74 Å². The van der Waals surface area contributed by atoms with Crippen molar-refractivity contribution < 1.29 is 14.3 Å². The number of hydrogen-bond acceptors (Lipinski definition) is 3. The molecule has 5 heteroatoms. The molecular weight excluding hydrogens is 424 g/mol. The van der Waals surface area contributed by atoms with E-state index in [1.807, 2.05) is 54.6 Å². The van der Waals surface area contributed by atoms with E-state index in [-0.39, 0.29) is 17.9 Å². The van der Waals surface area contributed by atoms with Crippen LogP contribution in [0.4, 0.5) is 0 Å². The van der Waals surface area contributed by atoms with Gasteiger partial charge in [0.15, 0.2) is 0 Å². The van der Waals surface area contributed by atoms with Gasteiger partial charge in [-0.3, -0.25) is 9.59 Å². The molecule has 0 aliphatic carbocycles. The van der Waals surface area contributed by atoms with E-state index in [9.17, 15) is 9.59 Å². The number of benzene rings is 2. The second kappa shape index (κ2) is 14.4. The first-order chi connectivity index (χ1) is 16.7. The third kappa shape index (κ3) is 8.51. The van der Waals surface area contributed by atoms with E-state index in [1.54, 1.807) is 4.90 Å². The van der Waals surface area contributed by atoms with Crippen LogP contribution >= 0.6 is 0 Å². The Hall–Kier alpha value is -2.82. The van der Waals surface area contributed by atoms with Crippen LogP contribution in [0.3, 0.4) is 0 Å². The highest BCUT2D eigenvalue weighted by atomic mass is 16.5. The summed E-state index contributed by atoms with van der Waals surface area (Å²) in [4.78, 5) is 27.7. The average Bonchev–Trinajstić information content (AvgIpc) is 2.88. The molecule has 0 spiro atoms. The van der Waals surface area contributed by atoms with Gasteiger partial charge in [-0.05, 0) is 48.9 Å². The highest BCUT2D eigenvalue weighted by Gasteiger charge is 2.31. The summed E-state index contributed by atoms with van der Waals surface area (Å²) in [6.45, 7) is 4.09. The molecule has 5 nitrogen and oxygen atoms in total. The molecule has 2 aromatic carbocycles. The number of hydrogen-bond donors (Lipinski definition) is 1.